The fourth-order valence-electron chi connectivity index (χ4n) is 1.35. The van der Waals surface area contributed by atoms with E-state index in [1.165, 1.54) is 0 Å². The maximum Gasteiger partial charge on any atom is 0.163 e. The van der Waals surface area contributed by atoms with Gasteiger partial charge in [-0.3, -0.25) is 4.79 Å². The molecule has 1 saturated heterocycles. The molecule has 0 N–H and O–H groups in total. The van der Waals surface area contributed by atoms with Crippen LogP contribution in [0, 0.1) is 5.92 Å². The first-order valence-electron chi connectivity index (χ1n) is 3.92. The molecule has 1 aliphatic heterocycles. The summed E-state index contributed by atoms with van der Waals surface area (Å²) in [5.41, 5.74) is 0.646. The zero-order valence-electron chi connectivity index (χ0n) is 7.09. The van der Waals surface area contributed by atoms with Gasteiger partial charge in [-0.1, -0.05) is 6.58 Å². The molecule has 1 rings (SSSR count). The molecule has 0 aromatic rings. The normalized spacial score (nSPS) is 30.4. The first-order chi connectivity index (χ1) is 5.11. The Kier molecular flexibility index (Phi) is 2.45. The Labute approximate surface area is 67.2 Å². The fraction of sp³-hybridized carbons (Fsp3) is 0.667. The van der Waals surface area contributed by atoms with E-state index in [2.05, 4.69) is 6.58 Å². The van der Waals surface area contributed by atoms with Gasteiger partial charge in [0.05, 0.1) is 12.7 Å². The average Bonchev–Trinajstić information content (AvgIpc) is 2.34. The number of allylic oxidation sites excluding steroid dienone is 1. The van der Waals surface area contributed by atoms with E-state index in [9.17, 15) is 4.79 Å². The summed E-state index contributed by atoms with van der Waals surface area (Å²) in [6.45, 7) is 7.94. The first-order valence-corrected chi connectivity index (χ1v) is 3.92. The van der Waals surface area contributed by atoms with E-state index in [-0.39, 0.29) is 17.8 Å². The van der Waals surface area contributed by atoms with Crippen LogP contribution in [0.4, 0.5) is 0 Å². The lowest BCUT2D eigenvalue weighted by Crippen LogP contribution is -2.14. The Hall–Kier alpha value is -0.630. The Balaban J connectivity index is 2.50. The second-order valence-electron chi connectivity index (χ2n) is 3.22. The molecule has 1 aliphatic rings. The third kappa shape index (κ3) is 1.90. The van der Waals surface area contributed by atoms with Gasteiger partial charge in [-0.15, -0.1) is 0 Å². The summed E-state index contributed by atoms with van der Waals surface area (Å²) in [4.78, 5) is 11.3. The van der Waals surface area contributed by atoms with Crippen LogP contribution in [0.5, 0.6) is 0 Å². The van der Waals surface area contributed by atoms with Crippen LogP contribution in [0.15, 0.2) is 12.2 Å². The second-order valence-corrected chi connectivity index (χ2v) is 3.22. The van der Waals surface area contributed by atoms with Crippen LogP contribution in [0.3, 0.4) is 0 Å². The van der Waals surface area contributed by atoms with Gasteiger partial charge in [0.1, 0.15) is 0 Å². The Morgan fingerprint density at radius 3 is 2.64 bits per heavy atom. The minimum Gasteiger partial charge on any atom is -0.378 e. The van der Waals surface area contributed by atoms with E-state index < -0.39 is 0 Å². The summed E-state index contributed by atoms with van der Waals surface area (Å²) in [7, 11) is 0. The molecule has 0 spiro atoms. The molecule has 1 fully saturated rings. The van der Waals surface area contributed by atoms with Gasteiger partial charge in [-0.05, 0) is 25.8 Å². The van der Waals surface area contributed by atoms with Crippen LogP contribution in [0.25, 0.3) is 0 Å². The van der Waals surface area contributed by atoms with Crippen LogP contribution < -0.4 is 0 Å². The van der Waals surface area contributed by atoms with Crippen molar-refractivity contribution in [3.8, 4) is 0 Å². The van der Waals surface area contributed by atoms with Crippen molar-refractivity contribution in [1.82, 2.24) is 0 Å². The highest BCUT2D eigenvalue weighted by atomic mass is 16.5. The van der Waals surface area contributed by atoms with Gasteiger partial charge in [0.25, 0.3) is 0 Å². The number of ketones is 1. The van der Waals surface area contributed by atoms with E-state index in [1.807, 2.05) is 6.92 Å². The summed E-state index contributed by atoms with van der Waals surface area (Å²) < 4.78 is 5.27. The molecule has 0 amide bonds. The van der Waals surface area contributed by atoms with Crippen LogP contribution in [-0.2, 0) is 9.53 Å². The number of Topliss-reactive ketones (excluding diaryl/α,β-unsaturated/α-hetero) is 1. The minimum absolute atomic E-state index is 0.0718. The van der Waals surface area contributed by atoms with E-state index in [4.69, 9.17) is 4.74 Å². The lowest BCUT2D eigenvalue weighted by molar-refractivity contribution is -0.119. The van der Waals surface area contributed by atoms with Crippen molar-refractivity contribution in [3.63, 3.8) is 0 Å². The topological polar surface area (TPSA) is 26.3 Å². The summed E-state index contributed by atoms with van der Waals surface area (Å²) in [6.07, 6.45) is 1.09. The fourth-order valence-corrected chi connectivity index (χ4v) is 1.35. The van der Waals surface area contributed by atoms with Crippen LogP contribution in [0.1, 0.15) is 20.3 Å². The van der Waals surface area contributed by atoms with Crippen molar-refractivity contribution in [2.75, 3.05) is 6.61 Å². The van der Waals surface area contributed by atoms with Crippen molar-refractivity contribution < 1.29 is 9.53 Å². The smallest absolute Gasteiger partial charge is 0.163 e. The van der Waals surface area contributed by atoms with Crippen molar-refractivity contribution in [3.05, 3.63) is 12.2 Å². The predicted molar refractivity (Wildman–Crippen MR) is 43.3 cm³/mol. The number of carbonyl (C=O) groups excluding carboxylic acids is 1. The Morgan fingerprint density at radius 2 is 2.27 bits per heavy atom. The standard InChI is InChI=1S/C9H14O2/c1-6(2)9(10)8-4-7(3)11-5-8/h7-8H,1,4-5H2,2-3H3. The summed E-state index contributed by atoms with van der Waals surface area (Å²) >= 11 is 0. The monoisotopic (exact) mass is 154 g/mol. The molecule has 1 heterocycles. The van der Waals surface area contributed by atoms with Crippen LogP contribution in [0.2, 0.25) is 0 Å². The van der Waals surface area contributed by atoms with E-state index in [0.717, 1.165) is 6.42 Å². The van der Waals surface area contributed by atoms with Crippen molar-refractivity contribution >= 4 is 5.78 Å². The molecular weight excluding hydrogens is 140 g/mol. The first kappa shape index (κ1) is 8.47. The highest BCUT2D eigenvalue weighted by Gasteiger charge is 2.27. The van der Waals surface area contributed by atoms with E-state index in [1.54, 1.807) is 6.92 Å². The molecule has 2 nitrogen and oxygen atoms in total. The predicted octanol–water partition coefficient (Wildman–Crippen LogP) is 1.56. The third-order valence-electron chi connectivity index (χ3n) is 1.99. The molecule has 0 aliphatic carbocycles. The van der Waals surface area contributed by atoms with E-state index in [0.29, 0.717) is 12.2 Å². The summed E-state index contributed by atoms with van der Waals surface area (Å²) in [5.74, 6) is 0.233. The lowest BCUT2D eigenvalue weighted by Gasteiger charge is -2.04. The largest absolute Gasteiger partial charge is 0.378 e. The Bertz CT molecular complexity index is 184. The molecule has 0 saturated carbocycles. The van der Waals surface area contributed by atoms with Crippen LogP contribution >= 0.6 is 0 Å². The van der Waals surface area contributed by atoms with Gasteiger partial charge >= 0.3 is 0 Å². The van der Waals surface area contributed by atoms with Gasteiger partial charge < -0.3 is 4.74 Å². The molecule has 2 unspecified atom stereocenters. The summed E-state index contributed by atoms with van der Waals surface area (Å²) in [5, 5.41) is 0. The van der Waals surface area contributed by atoms with Crippen molar-refractivity contribution in [2.45, 2.75) is 26.4 Å². The SMILES string of the molecule is C=C(C)C(=O)C1COC(C)C1. The quantitative estimate of drug-likeness (QED) is 0.564. The zero-order valence-corrected chi connectivity index (χ0v) is 7.09. The van der Waals surface area contributed by atoms with Crippen LogP contribution in [-0.4, -0.2) is 18.5 Å². The van der Waals surface area contributed by atoms with E-state index >= 15 is 0 Å². The third-order valence-corrected chi connectivity index (χ3v) is 1.99. The molecule has 11 heavy (non-hydrogen) atoms. The number of rotatable bonds is 2. The van der Waals surface area contributed by atoms with Gasteiger partial charge in [0.15, 0.2) is 5.78 Å². The van der Waals surface area contributed by atoms with Gasteiger partial charge in [0, 0.05) is 5.92 Å². The molecule has 0 aromatic carbocycles. The van der Waals surface area contributed by atoms with Gasteiger partial charge in [-0.25, -0.2) is 0 Å². The second kappa shape index (κ2) is 3.18. The van der Waals surface area contributed by atoms with Crippen molar-refractivity contribution in [1.29, 1.82) is 0 Å². The molecular formula is C9H14O2. The molecule has 62 valence electrons. The average molecular weight is 154 g/mol. The molecule has 2 atom stereocenters. The highest BCUT2D eigenvalue weighted by Crippen LogP contribution is 2.21. The molecule has 0 bridgehead atoms. The number of ether oxygens (including phenoxy) is 1. The Morgan fingerprint density at radius 1 is 1.64 bits per heavy atom. The lowest BCUT2D eigenvalue weighted by atomic mass is 9.97. The maximum absolute atomic E-state index is 11.3. The van der Waals surface area contributed by atoms with Gasteiger partial charge in [-0.2, -0.15) is 0 Å². The number of hydrogen-bond donors (Lipinski definition) is 0. The molecule has 2 heteroatoms. The zero-order chi connectivity index (χ0) is 8.43. The van der Waals surface area contributed by atoms with Crippen molar-refractivity contribution in [2.24, 2.45) is 5.92 Å². The highest BCUT2D eigenvalue weighted by molar-refractivity contribution is 5.96. The van der Waals surface area contributed by atoms with Gasteiger partial charge in [0.2, 0.25) is 0 Å². The molecule has 0 aromatic heterocycles. The number of hydrogen-bond acceptors (Lipinski definition) is 2. The molecule has 0 radical (unpaired) electrons. The number of carbonyl (C=O) groups is 1. The maximum atomic E-state index is 11.3. The summed E-state index contributed by atoms with van der Waals surface area (Å²) in [6, 6.07) is 0. The minimum atomic E-state index is 0.0718.